The van der Waals surface area contributed by atoms with Crippen molar-refractivity contribution in [1.29, 1.82) is 0 Å². The van der Waals surface area contributed by atoms with Gasteiger partial charge in [0.2, 0.25) is 0 Å². The summed E-state index contributed by atoms with van der Waals surface area (Å²) in [6.45, 7) is 0.684. The quantitative estimate of drug-likeness (QED) is 0.900. The number of imidazole rings is 1. The van der Waals surface area contributed by atoms with Crippen molar-refractivity contribution in [3.8, 4) is 0 Å². The maximum absolute atomic E-state index is 12.8. The van der Waals surface area contributed by atoms with E-state index < -0.39 is 0 Å². The van der Waals surface area contributed by atoms with Crippen molar-refractivity contribution < 1.29 is 9.90 Å². The standard InChI is InChI=1S/C20H25N3O2/c24-11-16-10-23-17(2-1-3-18(23)22-16)19(25)21-12-20-7-13-4-14(8-20)6-15(5-13)9-20/h1-3,10,13-15,24H,4-9,11-12H2,(H,21,25). The van der Waals surface area contributed by atoms with Crippen LogP contribution in [0.3, 0.4) is 0 Å². The molecule has 6 rings (SSSR count). The minimum Gasteiger partial charge on any atom is -0.390 e. The molecule has 0 spiro atoms. The van der Waals surface area contributed by atoms with Gasteiger partial charge in [0.15, 0.2) is 0 Å². The highest BCUT2D eigenvalue weighted by molar-refractivity contribution is 5.93. The highest BCUT2D eigenvalue weighted by Crippen LogP contribution is 2.59. The Morgan fingerprint density at radius 3 is 2.52 bits per heavy atom. The number of carbonyl (C=O) groups excluding carboxylic acids is 1. The predicted octanol–water partition coefficient (Wildman–Crippen LogP) is 2.77. The number of pyridine rings is 1. The van der Waals surface area contributed by atoms with Gasteiger partial charge in [0.25, 0.3) is 5.91 Å². The van der Waals surface area contributed by atoms with E-state index in [9.17, 15) is 9.90 Å². The topological polar surface area (TPSA) is 66.6 Å². The molecule has 0 radical (unpaired) electrons. The molecular formula is C20H25N3O2. The number of rotatable bonds is 4. The smallest absolute Gasteiger partial charge is 0.268 e. The third-order valence-electron chi connectivity index (χ3n) is 6.73. The lowest BCUT2D eigenvalue weighted by Crippen LogP contribution is -2.51. The van der Waals surface area contributed by atoms with Gasteiger partial charge in [-0.05, 0) is 73.8 Å². The van der Waals surface area contributed by atoms with Gasteiger partial charge in [-0.1, -0.05) is 6.07 Å². The zero-order valence-corrected chi connectivity index (χ0v) is 14.4. The second-order valence-electron chi connectivity index (χ2n) is 8.63. The van der Waals surface area contributed by atoms with E-state index >= 15 is 0 Å². The summed E-state index contributed by atoms with van der Waals surface area (Å²) in [5.41, 5.74) is 2.21. The Balaban J connectivity index is 1.35. The molecule has 0 atom stereocenters. The molecule has 0 unspecified atom stereocenters. The van der Waals surface area contributed by atoms with Gasteiger partial charge in [-0.3, -0.25) is 9.20 Å². The summed E-state index contributed by atoms with van der Waals surface area (Å²) in [6.07, 6.45) is 9.90. The van der Waals surface area contributed by atoms with Crippen molar-refractivity contribution in [2.75, 3.05) is 6.54 Å². The van der Waals surface area contributed by atoms with Gasteiger partial charge in [0.05, 0.1) is 12.3 Å². The first-order chi connectivity index (χ1) is 12.1. The lowest BCUT2D eigenvalue weighted by molar-refractivity contribution is -0.0503. The highest BCUT2D eigenvalue weighted by Gasteiger charge is 2.50. The normalized spacial score (nSPS) is 33.1. The molecule has 1 amide bonds. The number of hydrogen-bond donors (Lipinski definition) is 2. The number of amides is 1. The zero-order valence-electron chi connectivity index (χ0n) is 14.4. The largest absolute Gasteiger partial charge is 0.390 e. The van der Waals surface area contributed by atoms with Crippen molar-refractivity contribution in [3.63, 3.8) is 0 Å². The number of nitrogens with zero attached hydrogens (tertiary/aromatic N) is 2. The molecule has 4 fully saturated rings. The van der Waals surface area contributed by atoms with Gasteiger partial charge in [-0.25, -0.2) is 4.98 Å². The van der Waals surface area contributed by atoms with E-state index in [4.69, 9.17) is 0 Å². The minimum absolute atomic E-state index is 0.0387. The van der Waals surface area contributed by atoms with Gasteiger partial charge in [-0.2, -0.15) is 0 Å². The van der Waals surface area contributed by atoms with E-state index in [2.05, 4.69) is 10.3 Å². The summed E-state index contributed by atoms with van der Waals surface area (Å²) in [4.78, 5) is 17.1. The number of aromatic nitrogens is 2. The Labute approximate surface area is 147 Å². The van der Waals surface area contributed by atoms with Crippen LogP contribution in [0.5, 0.6) is 0 Å². The molecule has 5 heteroatoms. The summed E-state index contributed by atoms with van der Waals surface area (Å²) in [6, 6.07) is 5.53. The molecule has 0 saturated heterocycles. The molecule has 2 aromatic heterocycles. The van der Waals surface area contributed by atoms with Crippen LogP contribution in [0.25, 0.3) is 5.65 Å². The van der Waals surface area contributed by atoms with Crippen LogP contribution < -0.4 is 5.32 Å². The first kappa shape index (κ1) is 15.4. The molecule has 25 heavy (non-hydrogen) atoms. The minimum atomic E-state index is -0.115. The van der Waals surface area contributed by atoms with E-state index in [1.165, 1.54) is 38.5 Å². The average molecular weight is 339 g/mol. The number of fused-ring (bicyclic) bond motifs is 1. The molecular weight excluding hydrogens is 314 g/mol. The number of hydrogen-bond acceptors (Lipinski definition) is 3. The van der Waals surface area contributed by atoms with Crippen LogP contribution in [0.15, 0.2) is 24.4 Å². The highest BCUT2D eigenvalue weighted by atomic mass is 16.3. The molecule has 4 bridgehead atoms. The van der Waals surface area contributed by atoms with E-state index in [1.54, 1.807) is 10.6 Å². The lowest BCUT2D eigenvalue weighted by Gasteiger charge is -2.56. The fraction of sp³-hybridized carbons (Fsp3) is 0.600. The molecule has 2 heterocycles. The molecule has 2 N–H and O–H groups in total. The summed E-state index contributed by atoms with van der Waals surface area (Å²) < 4.78 is 1.78. The summed E-state index contributed by atoms with van der Waals surface area (Å²) >= 11 is 0. The van der Waals surface area contributed by atoms with E-state index in [0.29, 0.717) is 22.5 Å². The van der Waals surface area contributed by atoms with Crippen LogP contribution in [0.1, 0.15) is 54.7 Å². The van der Waals surface area contributed by atoms with Gasteiger partial charge in [0, 0.05) is 12.7 Å². The van der Waals surface area contributed by atoms with Crippen molar-refractivity contribution >= 4 is 11.6 Å². The number of aliphatic hydroxyl groups is 1. The van der Waals surface area contributed by atoms with Crippen LogP contribution in [0.2, 0.25) is 0 Å². The number of nitrogens with one attached hydrogen (secondary N) is 1. The first-order valence-corrected chi connectivity index (χ1v) is 9.50. The van der Waals surface area contributed by atoms with Crippen molar-refractivity contribution in [2.24, 2.45) is 23.2 Å². The third-order valence-corrected chi connectivity index (χ3v) is 6.73. The first-order valence-electron chi connectivity index (χ1n) is 9.50. The summed E-state index contributed by atoms with van der Waals surface area (Å²) in [5, 5.41) is 12.5. The van der Waals surface area contributed by atoms with Gasteiger partial charge < -0.3 is 10.4 Å². The molecule has 0 aliphatic heterocycles. The van der Waals surface area contributed by atoms with Crippen LogP contribution in [-0.4, -0.2) is 26.9 Å². The predicted molar refractivity (Wildman–Crippen MR) is 94.1 cm³/mol. The van der Waals surface area contributed by atoms with E-state index in [-0.39, 0.29) is 12.5 Å². The van der Waals surface area contributed by atoms with Gasteiger partial charge >= 0.3 is 0 Å². The van der Waals surface area contributed by atoms with Crippen molar-refractivity contribution in [1.82, 2.24) is 14.7 Å². The molecule has 4 aliphatic rings. The second kappa shape index (κ2) is 5.56. The Morgan fingerprint density at radius 2 is 1.88 bits per heavy atom. The fourth-order valence-corrected chi connectivity index (χ4v) is 6.19. The van der Waals surface area contributed by atoms with Gasteiger partial charge in [0.1, 0.15) is 11.3 Å². The average Bonchev–Trinajstić information content (AvgIpc) is 3.02. The Kier molecular flexibility index (Phi) is 3.42. The molecule has 4 aliphatic carbocycles. The Morgan fingerprint density at radius 1 is 1.20 bits per heavy atom. The summed E-state index contributed by atoms with van der Waals surface area (Å²) in [7, 11) is 0. The second-order valence-corrected chi connectivity index (χ2v) is 8.63. The van der Waals surface area contributed by atoms with Crippen molar-refractivity contribution in [2.45, 2.75) is 45.1 Å². The summed E-state index contributed by atoms with van der Waals surface area (Å²) in [5.74, 6) is 2.65. The molecule has 132 valence electrons. The lowest BCUT2D eigenvalue weighted by atomic mass is 9.49. The molecule has 2 aromatic rings. The number of aliphatic hydroxyl groups excluding tert-OH is 1. The number of carbonyl (C=O) groups is 1. The molecule has 5 nitrogen and oxygen atoms in total. The SMILES string of the molecule is O=C(NCC12CC3CC(CC(C3)C1)C2)c1cccc2nc(CO)cn12. The van der Waals surface area contributed by atoms with Crippen LogP contribution in [0, 0.1) is 23.2 Å². The van der Waals surface area contributed by atoms with Gasteiger partial charge in [-0.15, -0.1) is 0 Å². The van der Waals surface area contributed by atoms with E-state index in [0.717, 1.165) is 24.3 Å². The molecule has 4 saturated carbocycles. The monoisotopic (exact) mass is 339 g/mol. The Bertz CT molecular complexity index is 790. The van der Waals surface area contributed by atoms with Crippen molar-refractivity contribution in [3.05, 3.63) is 35.8 Å². The fourth-order valence-electron chi connectivity index (χ4n) is 6.19. The maximum Gasteiger partial charge on any atom is 0.268 e. The maximum atomic E-state index is 12.8. The third kappa shape index (κ3) is 2.56. The Hall–Kier alpha value is -1.88. The molecule has 0 aromatic carbocycles. The zero-order chi connectivity index (χ0) is 17.0. The van der Waals surface area contributed by atoms with Crippen LogP contribution in [-0.2, 0) is 6.61 Å². The van der Waals surface area contributed by atoms with Crippen LogP contribution >= 0.6 is 0 Å². The van der Waals surface area contributed by atoms with Crippen LogP contribution in [0.4, 0.5) is 0 Å². The van der Waals surface area contributed by atoms with E-state index in [1.807, 2.05) is 18.2 Å².